The number of rotatable bonds is 3. The second-order valence-electron chi connectivity index (χ2n) is 3.64. The molecule has 1 aromatic carbocycles. The van der Waals surface area contributed by atoms with Crippen molar-refractivity contribution in [2.75, 3.05) is 5.32 Å². The predicted octanol–water partition coefficient (Wildman–Crippen LogP) is 2.85. The van der Waals surface area contributed by atoms with Crippen molar-refractivity contribution in [2.24, 2.45) is 0 Å². The molecule has 2 N–H and O–H groups in total. The van der Waals surface area contributed by atoms with Gasteiger partial charge in [0, 0.05) is 16.6 Å². The molecule has 98 valence electrons. The zero-order valence-electron chi connectivity index (χ0n) is 9.72. The van der Waals surface area contributed by atoms with Gasteiger partial charge in [-0.3, -0.25) is 4.79 Å². The number of hydrogen-bond acceptors (Lipinski definition) is 4. The van der Waals surface area contributed by atoms with Crippen molar-refractivity contribution in [1.29, 1.82) is 0 Å². The number of thiocarbonyl (C=S) groups is 1. The van der Waals surface area contributed by atoms with E-state index in [1.165, 1.54) is 11.3 Å². The van der Waals surface area contributed by atoms with E-state index in [0.717, 1.165) is 5.56 Å². The average Bonchev–Trinajstić information content (AvgIpc) is 2.84. The Morgan fingerprint density at radius 2 is 2.11 bits per heavy atom. The fourth-order valence-corrected chi connectivity index (χ4v) is 2.31. The lowest BCUT2D eigenvalue weighted by Crippen LogP contribution is -2.35. The number of carbonyl (C=O) groups is 1. The van der Waals surface area contributed by atoms with Gasteiger partial charge in [-0.2, -0.15) is 0 Å². The van der Waals surface area contributed by atoms with Crippen LogP contribution in [0.2, 0.25) is 5.02 Å². The van der Waals surface area contributed by atoms with Crippen LogP contribution in [-0.2, 0) is 11.2 Å². The second kappa shape index (κ2) is 6.60. The van der Waals surface area contributed by atoms with Gasteiger partial charge < -0.3 is 10.6 Å². The highest BCUT2D eigenvalue weighted by atomic mass is 35.5. The number of carbonyl (C=O) groups excluding carboxylic acids is 1. The van der Waals surface area contributed by atoms with E-state index in [1.54, 1.807) is 30.5 Å². The molecule has 4 nitrogen and oxygen atoms in total. The van der Waals surface area contributed by atoms with Crippen LogP contribution in [0.5, 0.6) is 0 Å². The van der Waals surface area contributed by atoms with Crippen molar-refractivity contribution in [1.82, 2.24) is 10.3 Å². The number of nitrogens with one attached hydrogen (secondary N) is 2. The first kappa shape index (κ1) is 13.9. The smallest absolute Gasteiger partial charge is 0.230 e. The molecule has 0 fully saturated rings. The average molecular weight is 312 g/mol. The highest BCUT2D eigenvalue weighted by molar-refractivity contribution is 7.80. The van der Waals surface area contributed by atoms with Crippen molar-refractivity contribution in [3.63, 3.8) is 0 Å². The van der Waals surface area contributed by atoms with E-state index < -0.39 is 0 Å². The third kappa shape index (κ3) is 4.59. The summed E-state index contributed by atoms with van der Waals surface area (Å²) in [5.74, 6) is -0.184. The maximum absolute atomic E-state index is 11.7. The normalized spacial score (nSPS) is 9.95. The van der Waals surface area contributed by atoms with Crippen LogP contribution in [0.4, 0.5) is 5.13 Å². The van der Waals surface area contributed by atoms with E-state index >= 15 is 0 Å². The first-order chi connectivity index (χ1) is 9.13. The highest BCUT2D eigenvalue weighted by Crippen LogP contribution is 2.11. The molecule has 19 heavy (non-hydrogen) atoms. The Labute approximate surface area is 124 Å². The Kier molecular flexibility index (Phi) is 4.84. The lowest BCUT2D eigenvalue weighted by Gasteiger charge is -2.07. The Balaban J connectivity index is 1.84. The molecule has 2 aromatic rings. The summed E-state index contributed by atoms with van der Waals surface area (Å²) in [5, 5.41) is 8.79. The fraction of sp³-hybridized carbons (Fsp3) is 0.0833. The van der Waals surface area contributed by atoms with Gasteiger partial charge in [0.1, 0.15) is 0 Å². The molecule has 0 aliphatic heterocycles. The minimum atomic E-state index is -0.184. The van der Waals surface area contributed by atoms with E-state index in [9.17, 15) is 4.79 Å². The summed E-state index contributed by atoms with van der Waals surface area (Å²) in [5.41, 5.74) is 0.874. The Morgan fingerprint density at radius 3 is 2.74 bits per heavy atom. The van der Waals surface area contributed by atoms with Crippen LogP contribution in [0.15, 0.2) is 35.8 Å². The van der Waals surface area contributed by atoms with Gasteiger partial charge in [-0.15, -0.1) is 11.3 Å². The van der Waals surface area contributed by atoms with E-state index in [0.29, 0.717) is 10.2 Å². The molecule has 0 bridgehead atoms. The van der Waals surface area contributed by atoms with Gasteiger partial charge in [-0.05, 0) is 29.9 Å². The molecule has 2 rings (SSSR count). The topological polar surface area (TPSA) is 54.0 Å². The van der Waals surface area contributed by atoms with Crippen LogP contribution in [-0.4, -0.2) is 16.0 Å². The summed E-state index contributed by atoms with van der Waals surface area (Å²) in [6.45, 7) is 0. The quantitative estimate of drug-likeness (QED) is 0.856. The third-order valence-corrected chi connectivity index (χ3v) is 3.33. The number of amides is 1. The van der Waals surface area contributed by atoms with Gasteiger partial charge >= 0.3 is 0 Å². The summed E-state index contributed by atoms with van der Waals surface area (Å²) >= 11 is 12.2. The largest absolute Gasteiger partial charge is 0.308 e. The van der Waals surface area contributed by atoms with Crippen LogP contribution in [0.25, 0.3) is 0 Å². The lowest BCUT2D eigenvalue weighted by molar-refractivity contribution is -0.119. The molecular formula is C12H10ClN3OS2. The van der Waals surface area contributed by atoms with Crippen LogP contribution >= 0.6 is 35.2 Å². The zero-order chi connectivity index (χ0) is 13.7. The molecule has 0 atom stereocenters. The van der Waals surface area contributed by atoms with Crippen LogP contribution in [0, 0.1) is 0 Å². The van der Waals surface area contributed by atoms with Gasteiger partial charge in [0.05, 0.1) is 6.42 Å². The Morgan fingerprint density at radius 1 is 1.37 bits per heavy atom. The van der Waals surface area contributed by atoms with Crippen LogP contribution in [0.3, 0.4) is 0 Å². The first-order valence-electron chi connectivity index (χ1n) is 5.38. The van der Waals surface area contributed by atoms with E-state index in [-0.39, 0.29) is 17.4 Å². The van der Waals surface area contributed by atoms with E-state index in [4.69, 9.17) is 23.8 Å². The molecule has 7 heteroatoms. The molecule has 0 radical (unpaired) electrons. The summed E-state index contributed by atoms with van der Waals surface area (Å²) in [4.78, 5) is 15.8. The molecule has 0 aliphatic rings. The van der Waals surface area contributed by atoms with Crippen molar-refractivity contribution < 1.29 is 4.79 Å². The van der Waals surface area contributed by atoms with Crippen LogP contribution in [0.1, 0.15) is 5.56 Å². The molecule has 0 saturated carbocycles. The van der Waals surface area contributed by atoms with Gasteiger partial charge in [-0.1, -0.05) is 23.7 Å². The maximum Gasteiger partial charge on any atom is 0.230 e. The van der Waals surface area contributed by atoms with Gasteiger partial charge in [0.2, 0.25) is 5.91 Å². The summed E-state index contributed by atoms with van der Waals surface area (Å²) in [7, 11) is 0. The van der Waals surface area contributed by atoms with Crippen molar-refractivity contribution in [3.8, 4) is 0 Å². The van der Waals surface area contributed by atoms with Crippen molar-refractivity contribution >= 4 is 51.3 Å². The summed E-state index contributed by atoms with van der Waals surface area (Å²) in [6.07, 6.45) is 1.90. The maximum atomic E-state index is 11.7. The lowest BCUT2D eigenvalue weighted by atomic mass is 10.1. The SMILES string of the molecule is O=C(Cc1ccc(Cl)cc1)NC(=S)Nc1nccs1. The van der Waals surface area contributed by atoms with Gasteiger partial charge in [0.15, 0.2) is 10.2 Å². The summed E-state index contributed by atoms with van der Waals surface area (Å²) < 4.78 is 0. The number of hydrogen-bond donors (Lipinski definition) is 2. The minimum absolute atomic E-state index is 0.184. The molecular weight excluding hydrogens is 302 g/mol. The number of anilines is 1. The van der Waals surface area contributed by atoms with Crippen molar-refractivity contribution in [2.45, 2.75) is 6.42 Å². The number of aromatic nitrogens is 1. The molecule has 1 heterocycles. The third-order valence-electron chi connectivity index (χ3n) is 2.18. The molecule has 0 saturated heterocycles. The zero-order valence-corrected chi connectivity index (χ0v) is 12.1. The predicted molar refractivity (Wildman–Crippen MR) is 81.6 cm³/mol. The minimum Gasteiger partial charge on any atom is -0.308 e. The number of halogens is 1. The van der Waals surface area contributed by atoms with Gasteiger partial charge in [-0.25, -0.2) is 4.98 Å². The van der Waals surface area contributed by atoms with E-state index in [2.05, 4.69) is 15.6 Å². The van der Waals surface area contributed by atoms with E-state index in [1.807, 2.05) is 5.38 Å². The molecule has 0 aliphatic carbocycles. The molecule has 0 unspecified atom stereocenters. The second-order valence-corrected chi connectivity index (χ2v) is 5.38. The Bertz CT molecular complexity index is 569. The molecule has 1 aromatic heterocycles. The van der Waals surface area contributed by atoms with Crippen molar-refractivity contribution in [3.05, 3.63) is 46.4 Å². The molecule has 1 amide bonds. The number of nitrogens with zero attached hydrogens (tertiary/aromatic N) is 1. The standard InChI is InChI=1S/C12H10ClN3OS2/c13-9-3-1-8(2-4-9)7-10(17)15-11(18)16-12-14-5-6-19-12/h1-6H,7H2,(H2,14,15,16,17,18). The number of thiazole rings is 1. The first-order valence-corrected chi connectivity index (χ1v) is 7.05. The van der Waals surface area contributed by atoms with Crippen LogP contribution < -0.4 is 10.6 Å². The summed E-state index contributed by atoms with van der Waals surface area (Å²) in [6, 6.07) is 7.10. The molecule has 0 spiro atoms. The van der Waals surface area contributed by atoms with Gasteiger partial charge in [0.25, 0.3) is 0 Å². The highest BCUT2D eigenvalue weighted by Gasteiger charge is 2.07. The monoisotopic (exact) mass is 311 g/mol. The Hall–Kier alpha value is -1.50. The fourth-order valence-electron chi connectivity index (χ4n) is 1.37. The number of benzene rings is 1.